The predicted molar refractivity (Wildman–Crippen MR) is 132 cm³/mol. The Labute approximate surface area is 213 Å². The molecule has 0 saturated carbocycles. The molecule has 7 N–H and O–H groups in total. The molecule has 1 aliphatic rings. The summed E-state index contributed by atoms with van der Waals surface area (Å²) >= 11 is 0. The number of aromatic nitrogens is 3. The molecule has 2 aromatic heterocycles. The normalized spacial score (nSPS) is 16.2. The number of benzene rings is 1. The minimum absolute atomic E-state index is 0.000422. The molecule has 0 radical (unpaired) electrons. The van der Waals surface area contributed by atoms with E-state index in [1.54, 1.807) is 12.1 Å². The highest BCUT2D eigenvalue weighted by molar-refractivity contribution is 7.89. The second-order valence-electron chi connectivity index (χ2n) is 8.81. The first-order chi connectivity index (χ1) is 17.6. The van der Waals surface area contributed by atoms with Crippen LogP contribution in [0.1, 0.15) is 41.1 Å². The Hall–Kier alpha value is -3.37. The summed E-state index contributed by atoms with van der Waals surface area (Å²) < 4.78 is 33.9. The number of sulfonamides is 1. The Bertz CT molecular complexity index is 1360. The van der Waals surface area contributed by atoms with E-state index >= 15 is 0 Å². The van der Waals surface area contributed by atoms with Gasteiger partial charge in [0.2, 0.25) is 15.7 Å². The van der Waals surface area contributed by atoms with Crippen LogP contribution in [0.3, 0.4) is 0 Å². The number of H-pyrrole nitrogens is 1. The van der Waals surface area contributed by atoms with Gasteiger partial charge in [-0.25, -0.2) is 13.2 Å². The third-order valence-corrected chi connectivity index (χ3v) is 7.85. The molecule has 14 nitrogen and oxygen atoms in total. The highest BCUT2D eigenvalue weighted by Gasteiger charge is 2.45. The third-order valence-electron chi connectivity index (χ3n) is 6.12. The second kappa shape index (κ2) is 10.9. The number of carboxylic acid groups (broad SMARTS) is 1. The lowest BCUT2D eigenvalue weighted by molar-refractivity contribution is -0.145. The van der Waals surface area contributed by atoms with Crippen molar-refractivity contribution in [2.45, 2.75) is 50.0 Å². The zero-order valence-electron chi connectivity index (χ0n) is 20.4. The van der Waals surface area contributed by atoms with Crippen molar-refractivity contribution in [2.75, 3.05) is 19.6 Å². The number of hydrogen-bond acceptors (Lipinski definition) is 10. The van der Waals surface area contributed by atoms with Crippen LogP contribution in [0, 0.1) is 13.8 Å². The number of unbranched alkanes of at least 4 members (excludes halogenated alkanes) is 1. The molecule has 37 heavy (non-hydrogen) atoms. The monoisotopic (exact) mass is 534 g/mol. The molecule has 15 heteroatoms. The van der Waals surface area contributed by atoms with E-state index < -0.39 is 27.6 Å². The Morgan fingerprint density at radius 3 is 2.65 bits per heavy atom. The van der Waals surface area contributed by atoms with Crippen LogP contribution in [0.4, 0.5) is 0 Å². The summed E-state index contributed by atoms with van der Waals surface area (Å²) in [6.07, 6.45) is 1.99. The van der Waals surface area contributed by atoms with Gasteiger partial charge in [-0.1, -0.05) is 11.2 Å². The zero-order chi connectivity index (χ0) is 26.6. The summed E-state index contributed by atoms with van der Waals surface area (Å²) in [5.41, 5.74) is -1.56. The van der Waals surface area contributed by atoms with E-state index in [-0.39, 0.29) is 41.0 Å². The van der Waals surface area contributed by atoms with Crippen LogP contribution in [0.2, 0.25) is 0 Å². The lowest BCUT2D eigenvalue weighted by Gasteiger charge is -2.31. The fourth-order valence-electron chi connectivity index (χ4n) is 4.32. The van der Waals surface area contributed by atoms with Crippen molar-refractivity contribution >= 4 is 32.8 Å². The molecule has 1 unspecified atom stereocenters. The number of nitrogens with one attached hydrogen (secondary N) is 6. The van der Waals surface area contributed by atoms with Gasteiger partial charge in [-0.05, 0) is 51.8 Å². The smallest absolute Gasteiger partial charge is 0.345 e. The summed E-state index contributed by atoms with van der Waals surface area (Å²) in [6, 6.07) is 4.83. The molecular formula is C22H30N8O6S. The van der Waals surface area contributed by atoms with Crippen molar-refractivity contribution in [3.63, 3.8) is 0 Å². The first kappa shape index (κ1) is 26.7. The molecule has 200 valence electrons. The minimum Gasteiger partial charge on any atom is -0.478 e. The topological polar surface area (TPSA) is 203 Å². The average Bonchev–Trinajstić information content (AvgIpc) is 3.59. The van der Waals surface area contributed by atoms with Crippen molar-refractivity contribution in [3.8, 4) is 0 Å². The number of amides is 1. The number of nitrogens with zero attached hydrogens (tertiary/aromatic N) is 2. The zero-order valence-corrected chi connectivity index (χ0v) is 21.2. The first-order valence-electron chi connectivity index (χ1n) is 11.8. The van der Waals surface area contributed by atoms with Crippen molar-refractivity contribution in [2.24, 2.45) is 0 Å². The lowest BCUT2D eigenvalue weighted by atomic mass is 10.0. The molecule has 0 spiro atoms. The minimum atomic E-state index is -4.45. The number of hydrogen-bond donors (Lipinski definition) is 7. The Balaban J connectivity index is 1.60. The van der Waals surface area contributed by atoms with Gasteiger partial charge in [-0.3, -0.25) is 25.8 Å². The maximum atomic E-state index is 13.3. The van der Waals surface area contributed by atoms with Crippen LogP contribution in [0.5, 0.6) is 0 Å². The van der Waals surface area contributed by atoms with E-state index in [0.717, 1.165) is 13.1 Å². The van der Waals surface area contributed by atoms with Gasteiger partial charge in [0.05, 0.1) is 17.3 Å². The molecule has 1 aliphatic heterocycles. The van der Waals surface area contributed by atoms with Crippen LogP contribution < -0.4 is 26.0 Å². The number of carbonyl (C=O) groups excluding carboxylic acids is 1. The number of aryl methyl sites for hydroxylation is 2. The number of aliphatic carboxylic acids is 1. The highest BCUT2D eigenvalue weighted by atomic mass is 32.2. The number of aromatic amines is 1. The molecule has 0 aliphatic carbocycles. The summed E-state index contributed by atoms with van der Waals surface area (Å²) in [4.78, 5) is 25.7. The van der Waals surface area contributed by atoms with Gasteiger partial charge in [0.15, 0.2) is 5.76 Å². The maximum Gasteiger partial charge on any atom is 0.345 e. The molecule has 1 aromatic carbocycles. The molecule has 0 bridgehead atoms. The molecule has 4 rings (SSSR count). The molecule has 1 fully saturated rings. The molecule has 3 aromatic rings. The molecule has 3 heterocycles. The van der Waals surface area contributed by atoms with E-state index in [0.29, 0.717) is 23.9 Å². The van der Waals surface area contributed by atoms with Gasteiger partial charge in [-0.2, -0.15) is 9.82 Å². The van der Waals surface area contributed by atoms with Crippen LogP contribution in [0.25, 0.3) is 10.9 Å². The number of carboxylic acids is 1. The molecule has 1 saturated heterocycles. The van der Waals surface area contributed by atoms with Crippen LogP contribution >= 0.6 is 0 Å². The number of fused-ring (bicyclic) bond motifs is 1. The first-order valence-corrected chi connectivity index (χ1v) is 13.3. The number of carbonyl (C=O) groups is 2. The quantitative estimate of drug-likeness (QED) is 0.121. The van der Waals surface area contributed by atoms with Crippen molar-refractivity contribution < 1.29 is 27.6 Å². The summed E-state index contributed by atoms with van der Waals surface area (Å²) in [7, 11) is -4.45. The highest BCUT2D eigenvalue weighted by Crippen LogP contribution is 2.24. The van der Waals surface area contributed by atoms with Gasteiger partial charge in [0.1, 0.15) is 16.9 Å². The van der Waals surface area contributed by atoms with Gasteiger partial charge in [0, 0.05) is 18.5 Å². The van der Waals surface area contributed by atoms with Crippen LogP contribution in [-0.4, -0.2) is 72.3 Å². The summed E-state index contributed by atoms with van der Waals surface area (Å²) in [5, 5.41) is 33.2. The average molecular weight is 535 g/mol. The maximum absolute atomic E-state index is 13.3. The second-order valence-corrected chi connectivity index (χ2v) is 10.4. The summed E-state index contributed by atoms with van der Waals surface area (Å²) in [5.74, 6) is -2.32. The van der Waals surface area contributed by atoms with Crippen LogP contribution in [-0.2, 0) is 14.8 Å². The third kappa shape index (κ3) is 5.80. The predicted octanol–water partition coefficient (Wildman–Crippen LogP) is -0.107. The van der Waals surface area contributed by atoms with Crippen molar-refractivity contribution in [1.29, 1.82) is 0 Å². The Morgan fingerprint density at radius 1 is 1.22 bits per heavy atom. The van der Waals surface area contributed by atoms with Crippen molar-refractivity contribution in [3.05, 3.63) is 41.4 Å². The summed E-state index contributed by atoms with van der Waals surface area (Å²) in [6.45, 7) is 5.05. The van der Waals surface area contributed by atoms with Gasteiger partial charge < -0.3 is 14.9 Å². The fourth-order valence-corrected chi connectivity index (χ4v) is 5.96. The Morgan fingerprint density at radius 2 is 1.97 bits per heavy atom. The molecule has 1 amide bonds. The van der Waals surface area contributed by atoms with Gasteiger partial charge in [-0.15, -0.1) is 0 Å². The van der Waals surface area contributed by atoms with E-state index in [1.165, 1.54) is 26.1 Å². The van der Waals surface area contributed by atoms with E-state index in [2.05, 4.69) is 41.3 Å². The number of rotatable bonds is 12. The SMILES string of the molecule is Cc1noc(C)c1S(=O)(=O)NC(CCCCNC1NCCN1)(NC(=O)c1cccc2[nH]ncc12)C(=O)O. The van der Waals surface area contributed by atoms with Gasteiger partial charge in [0.25, 0.3) is 5.91 Å². The van der Waals surface area contributed by atoms with E-state index in [9.17, 15) is 23.1 Å². The van der Waals surface area contributed by atoms with E-state index in [4.69, 9.17) is 4.52 Å². The molecule has 1 atom stereocenters. The van der Waals surface area contributed by atoms with E-state index in [1.807, 2.05) is 0 Å². The van der Waals surface area contributed by atoms with Crippen molar-refractivity contribution in [1.82, 2.24) is 41.3 Å². The standard InChI is InChI=1S/C22H30N8O6S/c1-13-18(14(2)36-29-13)37(34,35)30-22(20(32)33,8-3-4-9-23-21-24-10-11-25-21)27-19(31)15-6-5-7-17-16(15)12-26-28-17/h5-7,12,21,23-25,30H,3-4,8-11H2,1-2H3,(H,26,28)(H,27,31)(H,32,33). The molecular weight excluding hydrogens is 504 g/mol. The fraction of sp³-hybridized carbons (Fsp3) is 0.455. The largest absolute Gasteiger partial charge is 0.478 e. The van der Waals surface area contributed by atoms with Gasteiger partial charge >= 0.3 is 5.97 Å². The van der Waals surface area contributed by atoms with Crippen LogP contribution in [0.15, 0.2) is 33.8 Å². The lowest BCUT2D eigenvalue weighted by Crippen LogP contribution is -2.65. The Kier molecular flexibility index (Phi) is 7.89.